The van der Waals surface area contributed by atoms with Crippen LogP contribution < -0.4 is 4.74 Å². The summed E-state index contributed by atoms with van der Waals surface area (Å²) in [6.45, 7) is 2.31. The molecule has 0 saturated heterocycles. The van der Waals surface area contributed by atoms with Gasteiger partial charge in [-0.2, -0.15) is 0 Å². The van der Waals surface area contributed by atoms with Gasteiger partial charge in [-0.05, 0) is 6.92 Å². The van der Waals surface area contributed by atoms with Gasteiger partial charge in [0, 0.05) is 7.05 Å². The Morgan fingerprint density at radius 2 is 2.27 bits per heavy atom. The van der Waals surface area contributed by atoms with E-state index in [4.69, 9.17) is 9.84 Å². The van der Waals surface area contributed by atoms with Crippen molar-refractivity contribution < 1.29 is 9.84 Å². The lowest BCUT2D eigenvalue weighted by Crippen LogP contribution is -2.02. The van der Waals surface area contributed by atoms with Gasteiger partial charge in [-0.25, -0.2) is 0 Å². The molecule has 0 unspecified atom stereocenters. The molecule has 0 radical (unpaired) electrons. The molecule has 5 nitrogen and oxygen atoms in total. The van der Waals surface area contributed by atoms with Gasteiger partial charge in [0.2, 0.25) is 0 Å². The van der Waals surface area contributed by atoms with E-state index in [0.717, 1.165) is 0 Å². The van der Waals surface area contributed by atoms with Crippen molar-refractivity contribution in [1.29, 1.82) is 0 Å². The highest BCUT2D eigenvalue weighted by Gasteiger charge is 2.06. The average molecular weight is 157 g/mol. The van der Waals surface area contributed by atoms with E-state index in [-0.39, 0.29) is 6.61 Å². The van der Waals surface area contributed by atoms with Crippen molar-refractivity contribution >= 4 is 0 Å². The number of aromatic nitrogens is 3. The number of hydrogen-bond donors (Lipinski definition) is 1. The minimum atomic E-state index is -0.115. The maximum absolute atomic E-state index is 8.72. The molecule has 1 aromatic heterocycles. The molecular weight excluding hydrogens is 146 g/mol. The monoisotopic (exact) mass is 157 g/mol. The summed E-state index contributed by atoms with van der Waals surface area (Å²) in [6, 6.07) is 0.441. The lowest BCUT2D eigenvalue weighted by Gasteiger charge is -2.00. The standard InChI is InChI=1S/C6H11N3O2/c1-3-11-6-8-7-5(4-10)9(6)2/h10H,3-4H2,1-2H3. The van der Waals surface area contributed by atoms with Gasteiger partial charge in [-0.3, -0.25) is 4.57 Å². The van der Waals surface area contributed by atoms with E-state index in [1.807, 2.05) is 6.92 Å². The van der Waals surface area contributed by atoms with Gasteiger partial charge < -0.3 is 9.84 Å². The maximum Gasteiger partial charge on any atom is 0.316 e. The topological polar surface area (TPSA) is 60.2 Å². The first kappa shape index (κ1) is 8.00. The summed E-state index contributed by atoms with van der Waals surface area (Å²) in [7, 11) is 1.75. The van der Waals surface area contributed by atoms with Gasteiger partial charge in [-0.15, -0.1) is 5.10 Å². The van der Waals surface area contributed by atoms with Crippen LogP contribution in [0.1, 0.15) is 12.7 Å². The van der Waals surface area contributed by atoms with Crippen molar-refractivity contribution in [2.45, 2.75) is 13.5 Å². The molecule has 5 heteroatoms. The summed E-state index contributed by atoms with van der Waals surface area (Å²) >= 11 is 0. The summed E-state index contributed by atoms with van der Waals surface area (Å²) in [5, 5.41) is 16.1. The summed E-state index contributed by atoms with van der Waals surface area (Å²) in [5.41, 5.74) is 0. The molecule has 0 aliphatic rings. The molecule has 1 aromatic rings. The second-order valence-corrected chi connectivity index (χ2v) is 2.05. The highest BCUT2D eigenvalue weighted by Crippen LogP contribution is 2.06. The predicted octanol–water partition coefficient (Wildman–Crippen LogP) is -0.294. The minimum Gasteiger partial charge on any atom is -0.464 e. The van der Waals surface area contributed by atoms with Crippen LogP contribution in [0.15, 0.2) is 0 Å². The number of nitrogens with zero attached hydrogens (tertiary/aromatic N) is 3. The molecule has 0 saturated carbocycles. The Morgan fingerprint density at radius 3 is 2.73 bits per heavy atom. The fourth-order valence-corrected chi connectivity index (χ4v) is 0.738. The largest absolute Gasteiger partial charge is 0.464 e. The molecule has 1 heterocycles. The van der Waals surface area contributed by atoms with Crippen molar-refractivity contribution in [1.82, 2.24) is 14.8 Å². The Hall–Kier alpha value is -1.10. The van der Waals surface area contributed by atoms with Crippen molar-refractivity contribution in [2.24, 2.45) is 7.05 Å². The Kier molecular flexibility index (Phi) is 2.43. The summed E-state index contributed by atoms with van der Waals surface area (Å²) in [4.78, 5) is 0. The fraction of sp³-hybridized carbons (Fsp3) is 0.667. The number of rotatable bonds is 3. The van der Waals surface area contributed by atoms with Gasteiger partial charge >= 0.3 is 6.01 Å². The lowest BCUT2D eigenvalue weighted by atomic mass is 10.6. The van der Waals surface area contributed by atoms with Crippen LogP contribution >= 0.6 is 0 Å². The van der Waals surface area contributed by atoms with Gasteiger partial charge in [0.15, 0.2) is 5.82 Å². The second-order valence-electron chi connectivity index (χ2n) is 2.05. The summed E-state index contributed by atoms with van der Waals surface area (Å²) in [5.74, 6) is 0.508. The number of ether oxygens (including phenoxy) is 1. The van der Waals surface area contributed by atoms with E-state index in [2.05, 4.69) is 10.2 Å². The summed E-state index contributed by atoms with van der Waals surface area (Å²) < 4.78 is 6.71. The zero-order valence-corrected chi connectivity index (χ0v) is 6.61. The first-order valence-corrected chi connectivity index (χ1v) is 3.41. The molecule has 1 rings (SSSR count). The van der Waals surface area contributed by atoms with Crippen molar-refractivity contribution in [3.63, 3.8) is 0 Å². The average Bonchev–Trinajstić information content (AvgIpc) is 2.34. The van der Waals surface area contributed by atoms with E-state index in [1.54, 1.807) is 11.6 Å². The Balaban J connectivity index is 2.82. The van der Waals surface area contributed by atoms with E-state index < -0.39 is 0 Å². The molecule has 0 amide bonds. The Labute approximate surface area is 64.6 Å². The van der Waals surface area contributed by atoms with Crippen molar-refractivity contribution in [3.8, 4) is 6.01 Å². The molecule has 62 valence electrons. The predicted molar refractivity (Wildman–Crippen MR) is 38.1 cm³/mol. The molecule has 0 spiro atoms. The zero-order valence-electron chi connectivity index (χ0n) is 6.61. The molecule has 0 aromatic carbocycles. The van der Waals surface area contributed by atoms with Crippen molar-refractivity contribution in [2.75, 3.05) is 6.61 Å². The van der Waals surface area contributed by atoms with Gasteiger partial charge in [0.05, 0.1) is 6.61 Å². The van der Waals surface area contributed by atoms with Crippen molar-refractivity contribution in [3.05, 3.63) is 5.82 Å². The molecule has 0 bridgehead atoms. The lowest BCUT2D eigenvalue weighted by molar-refractivity contribution is 0.260. The molecule has 0 aliphatic carbocycles. The van der Waals surface area contributed by atoms with Gasteiger partial charge in [0.1, 0.15) is 6.61 Å². The minimum absolute atomic E-state index is 0.115. The molecule has 0 aliphatic heterocycles. The van der Waals surface area contributed by atoms with Crippen LogP contribution in [0, 0.1) is 0 Å². The first-order chi connectivity index (χ1) is 5.29. The van der Waals surface area contributed by atoms with Gasteiger partial charge in [0.25, 0.3) is 0 Å². The highest BCUT2D eigenvalue weighted by molar-refractivity contribution is 4.98. The SMILES string of the molecule is CCOc1nnc(CO)n1C. The molecule has 0 fully saturated rings. The Bertz CT molecular complexity index is 234. The Morgan fingerprint density at radius 1 is 1.55 bits per heavy atom. The number of aliphatic hydroxyl groups is 1. The number of hydrogen-bond acceptors (Lipinski definition) is 4. The van der Waals surface area contributed by atoms with Crippen LogP contribution in [-0.2, 0) is 13.7 Å². The van der Waals surface area contributed by atoms with E-state index in [0.29, 0.717) is 18.4 Å². The van der Waals surface area contributed by atoms with E-state index in [1.165, 1.54) is 0 Å². The van der Waals surface area contributed by atoms with Crippen LogP contribution in [0.3, 0.4) is 0 Å². The normalized spacial score (nSPS) is 10.1. The smallest absolute Gasteiger partial charge is 0.316 e. The van der Waals surface area contributed by atoms with Crippen LogP contribution in [0.2, 0.25) is 0 Å². The second kappa shape index (κ2) is 3.34. The first-order valence-electron chi connectivity index (χ1n) is 3.41. The molecular formula is C6H11N3O2. The molecule has 1 N–H and O–H groups in total. The third-order valence-corrected chi connectivity index (χ3v) is 1.34. The van der Waals surface area contributed by atoms with Crippen LogP contribution in [0.5, 0.6) is 6.01 Å². The maximum atomic E-state index is 8.72. The molecule has 11 heavy (non-hydrogen) atoms. The van der Waals surface area contributed by atoms with Crippen LogP contribution in [0.25, 0.3) is 0 Å². The third-order valence-electron chi connectivity index (χ3n) is 1.34. The number of aliphatic hydroxyl groups excluding tert-OH is 1. The van der Waals surface area contributed by atoms with E-state index >= 15 is 0 Å². The van der Waals surface area contributed by atoms with E-state index in [9.17, 15) is 0 Å². The van der Waals surface area contributed by atoms with Crippen LogP contribution in [-0.4, -0.2) is 26.5 Å². The third kappa shape index (κ3) is 1.48. The van der Waals surface area contributed by atoms with Gasteiger partial charge in [-0.1, -0.05) is 5.10 Å². The quantitative estimate of drug-likeness (QED) is 0.654. The summed E-state index contributed by atoms with van der Waals surface area (Å²) in [6.07, 6.45) is 0. The van der Waals surface area contributed by atoms with Crippen LogP contribution in [0.4, 0.5) is 0 Å². The zero-order chi connectivity index (χ0) is 8.27. The fourth-order valence-electron chi connectivity index (χ4n) is 0.738. The highest BCUT2D eigenvalue weighted by atomic mass is 16.5. The molecule has 0 atom stereocenters.